The van der Waals surface area contributed by atoms with E-state index < -0.39 is 0 Å². The second-order valence-electron chi connectivity index (χ2n) is 6.03. The molecule has 2 heterocycles. The lowest BCUT2D eigenvalue weighted by molar-refractivity contribution is 0.433. The quantitative estimate of drug-likeness (QED) is 0.290. The molecule has 128 valence electrons. The average Bonchev–Trinajstić information content (AvgIpc) is 2.98. The molecular weight excluding hydrogens is 331 g/mol. The molecule has 0 saturated carbocycles. The van der Waals surface area contributed by atoms with Crippen LogP contribution in [0.5, 0.6) is 0 Å². The van der Waals surface area contributed by atoms with Gasteiger partial charge in [-0.05, 0) is 12.8 Å². The van der Waals surface area contributed by atoms with Crippen LogP contribution in [0.2, 0.25) is 5.15 Å². The van der Waals surface area contributed by atoms with Crippen LogP contribution in [0.1, 0.15) is 70.8 Å². The summed E-state index contributed by atoms with van der Waals surface area (Å²) in [6.07, 6.45) is 14.5. The number of rotatable bonds is 11. The number of imidazole rings is 1. The first-order chi connectivity index (χ1) is 11.3. The lowest BCUT2D eigenvalue weighted by Crippen LogP contribution is -2.09. The number of nitrogens with zero attached hydrogens (tertiary/aromatic N) is 4. The predicted octanol–water partition coefficient (Wildman–Crippen LogP) is 5.79. The van der Waals surface area contributed by atoms with E-state index in [9.17, 15) is 0 Å². The van der Waals surface area contributed by atoms with Gasteiger partial charge in [0.05, 0.1) is 6.33 Å². The molecule has 2 aromatic heterocycles. The van der Waals surface area contributed by atoms with Gasteiger partial charge >= 0.3 is 0 Å². The minimum Gasteiger partial charge on any atom is -0.312 e. The SMILES string of the molecule is CCCCCCCCCC(CCCl)n1cnc2c(Cl)ncnc21. The van der Waals surface area contributed by atoms with E-state index in [1.165, 1.54) is 51.3 Å². The Bertz CT molecular complexity index is 585. The first-order valence-corrected chi connectivity index (χ1v) is 9.58. The van der Waals surface area contributed by atoms with Gasteiger partial charge in [0, 0.05) is 11.9 Å². The summed E-state index contributed by atoms with van der Waals surface area (Å²) in [5.41, 5.74) is 1.48. The summed E-state index contributed by atoms with van der Waals surface area (Å²) in [4.78, 5) is 12.7. The van der Waals surface area contributed by atoms with Crippen molar-refractivity contribution in [2.24, 2.45) is 0 Å². The van der Waals surface area contributed by atoms with E-state index in [4.69, 9.17) is 23.2 Å². The summed E-state index contributed by atoms with van der Waals surface area (Å²) < 4.78 is 2.11. The molecule has 0 bridgehead atoms. The zero-order chi connectivity index (χ0) is 16.5. The molecular formula is C17H26Cl2N4. The lowest BCUT2D eigenvalue weighted by Gasteiger charge is -2.18. The normalized spacial score (nSPS) is 12.8. The van der Waals surface area contributed by atoms with Gasteiger partial charge in [-0.1, -0.05) is 63.5 Å². The van der Waals surface area contributed by atoms with Crippen LogP contribution < -0.4 is 0 Å². The van der Waals surface area contributed by atoms with Gasteiger partial charge < -0.3 is 4.57 Å². The number of hydrogen-bond acceptors (Lipinski definition) is 3. The Morgan fingerprint density at radius 1 is 1.00 bits per heavy atom. The van der Waals surface area contributed by atoms with E-state index in [0.717, 1.165) is 18.5 Å². The van der Waals surface area contributed by atoms with Crippen LogP contribution in [0, 0.1) is 0 Å². The third-order valence-corrected chi connectivity index (χ3v) is 4.79. The third-order valence-electron chi connectivity index (χ3n) is 4.29. The van der Waals surface area contributed by atoms with E-state index in [-0.39, 0.29) is 0 Å². The molecule has 2 aromatic rings. The van der Waals surface area contributed by atoms with Crippen molar-refractivity contribution in [1.29, 1.82) is 0 Å². The molecule has 23 heavy (non-hydrogen) atoms. The molecule has 0 aromatic carbocycles. The molecule has 0 N–H and O–H groups in total. The van der Waals surface area contributed by atoms with Gasteiger partial charge in [-0.3, -0.25) is 0 Å². The van der Waals surface area contributed by atoms with Crippen LogP contribution in [-0.2, 0) is 0 Å². The van der Waals surface area contributed by atoms with E-state index >= 15 is 0 Å². The highest BCUT2D eigenvalue weighted by Crippen LogP contribution is 2.26. The van der Waals surface area contributed by atoms with Crippen molar-refractivity contribution in [2.75, 3.05) is 5.88 Å². The standard InChI is InChI=1S/C17H26Cl2N4/c1-2-3-4-5-6-7-8-9-14(10-11-18)23-13-22-15-16(19)20-12-21-17(15)23/h12-14H,2-11H2,1H3. The molecule has 0 aliphatic heterocycles. The maximum Gasteiger partial charge on any atom is 0.165 e. The minimum atomic E-state index is 0.333. The number of fused-ring (bicyclic) bond motifs is 1. The summed E-state index contributed by atoms with van der Waals surface area (Å²) in [6, 6.07) is 0.333. The number of halogens is 2. The molecule has 2 rings (SSSR count). The van der Waals surface area contributed by atoms with E-state index in [1.54, 1.807) is 0 Å². The van der Waals surface area contributed by atoms with E-state index in [2.05, 4.69) is 26.4 Å². The van der Waals surface area contributed by atoms with Gasteiger partial charge in [0.25, 0.3) is 0 Å². The number of aromatic nitrogens is 4. The average molecular weight is 357 g/mol. The Balaban J connectivity index is 1.91. The van der Waals surface area contributed by atoms with Gasteiger partial charge in [-0.25, -0.2) is 15.0 Å². The van der Waals surface area contributed by atoms with Gasteiger partial charge in [0.2, 0.25) is 0 Å². The van der Waals surface area contributed by atoms with Crippen molar-refractivity contribution in [1.82, 2.24) is 19.5 Å². The fourth-order valence-corrected chi connectivity index (χ4v) is 3.40. The highest BCUT2D eigenvalue weighted by atomic mass is 35.5. The van der Waals surface area contributed by atoms with Crippen LogP contribution in [0.4, 0.5) is 0 Å². The molecule has 0 aliphatic rings. The van der Waals surface area contributed by atoms with Crippen LogP contribution in [0.15, 0.2) is 12.7 Å². The van der Waals surface area contributed by atoms with Gasteiger partial charge in [-0.15, -0.1) is 11.6 Å². The summed E-state index contributed by atoms with van der Waals surface area (Å²) >= 11 is 12.1. The maximum atomic E-state index is 6.09. The number of unbranched alkanes of at least 4 members (excludes halogenated alkanes) is 6. The predicted molar refractivity (Wildman–Crippen MR) is 97.3 cm³/mol. The molecule has 0 amide bonds. The Hall–Kier alpha value is -0.870. The summed E-state index contributed by atoms with van der Waals surface area (Å²) in [6.45, 7) is 2.25. The largest absolute Gasteiger partial charge is 0.312 e. The first kappa shape index (κ1) is 18.5. The highest BCUT2D eigenvalue weighted by Gasteiger charge is 2.16. The van der Waals surface area contributed by atoms with Crippen molar-refractivity contribution in [3.63, 3.8) is 0 Å². The molecule has 0 fully saturated rings. The third kappa shape index (κ3) is 5.32. The highest BCUT2D eigenvalue weighted by molar-refractivity contribution is 6.33. The van der Waals surface area contributed by atoms with Crippen molar-refractivity contribution in [3.8, 4) is 0 Å². The smallest absolute Gasteiger partial charge is 0.165 e. The van der Waals surface area contributed by atoms with Crippen molar-refractivity contribution >= 4 is 34.4 Å². The fourth-order valence-electron chi connectivity index (χ4n) is 2.98. The van der Waals surface area contributed by atoms with Gasteiger partial charge in [-0.2, -0.15) is 0 Å². The number of hydrogen-bond donors (Lipinski definition) is 0. The molecule has 0 spiro atoms. The zero-order valence-electron chi connectivity index (χ0n) is 13.8. The fraction of sp³-hybridized carbons (Fsp3) is 0.706. The monoisotopic (exact) mass is 356 g/mol. The summed E-state index contributed by atoms with van der Waals surface area (Å²) in [5.74, 6) is 0.639. The van der Waals surface area contributed by atoms with E-state index in [1.807, 2.05) is 6.33 Å². The molecule has 1 unspecified atom stereocenters. The molecule has 0 aliphatic carbocycles. The van der Waals surface area contributed by atoms with Crippen molar-refractivity contribution in [3.05, 3.63) is 17.8 Å². The molecule has 0 radical (unpaired) electrons. The van der Waals surface area contributed by atoms with Crippen molar-refractivity contribution in [2.45, 2.75) is 70.8 Å². The topological polar surface area (TPSA) is 43.6 Å². The second kappa shape index (κ2) is 10.1. The Labute approximate surface area is 148 Å². The van der Waals surface area contributed by atoms with Crippen molar-refractivity contribution < 1.29 is 0 Å². The lowest BCUT2D eigenvalue weighted by atomic mass is 10.0. The minimum absolute atomic E-state index is 0.333. The molecule has 1 atom stereocenters. The van der Waals surface area contributed by atoms with Gasteiger partial charge in [0.15, 0.2) is 10.8 Å². The van der Waals surface area contributed by atoms with Gasteiger partial charge in [0.1, 0.15) is 11.8 Å². The van der Waals surface area contributed by atoms with Crippen LogP contribution >= 0.6 is 23.2 Å². The summed E-state index contributed by atoms with van der Waals surface area (Å²) in [7, 11) is 0. The van der Waals surface area contributed by atoms with E-state index in [0.29, 0.717) is 22.6 Å². The maximum absolute atomic E-state index is 6.09. The molecule has 6 heteroatoms. The van der Waals surface area contributed by atoms with Crippen LogP contribution in [-0.4, -0.2) is 25.4 Å². The molecule has 0 saturated heterocycles. The Kier molecular flexibility index (Phi) is 8.10. The van der Waals surface area contributed by atoms with Crippen LogP contribution in [0.25, 0.3) is 11.2 Å². The molecule has 4 nitrogen and oxygen atoms in total. The van der Waals surface area contributed by atoms with Crippen LogP contribution in [0.3, 0.4) is 0 Å². The first-order valence-electron chi connectivity index (χ1n) is 8.67. The summed E-state index contributed by atoms with van der Waals surface area (Å²) in [5, 5.41) is 0.411. The Morgan fingerprint density at radius 3 is 2.48 bits per heavy atom. The zero-order valence-corrected chi connectivity index (χ0v) is 15.4. The Morgan fingerprint density at radius 2 is 1.74 bits per heavy atom. The second-order valence-corrected chi connectivity index (χ2v) is 6.77. The number of alkyl halides is 1.